The van der Waals surface area contributed by atoms with Crippen molar-refractivity contribution < 1.29 is 13.6 Å². The third-order valence-electron chi connectivity index (χ3n) is 14.4. The molecule has 0 bridgehead atoms. The van der Waals surface area contributed by atoms with Gasteiger partial charge in [-0.25, -0.2) is 0 Å². The van der Waals surface area contributed by atoms with E-state index in [0.717, 1.165) is 72.7 Å². The first-order valence-corrected chi connectivity index (χ1v) is 24.0. The van der Waals surface area contributed by atoms with E-state index in [9.17, 15) is 0 Å². The summed E-state index contributed by atoms with van der Waals surface area (Å²) in [5.41, 5.74) is 25.1. The van der Waals surface area contributed by atoms with Crippen molar-refractivity contribution in [3.8, 4) is 16.9 Å². The predicted molar refractivity (Wildman–Crippen MR) is 288 cm³/mol. The summed E-state index contributed by atoms with van der Waals surface area (Å²) in [6.07, 6.45) is 6.27. The third kappa shape index (κ3) is 6.90. The molecule has 2 aliphatic heterocycles. The van der Waals surface area contributed by atoms with Gasteiger partial charge in [-0.05, 0) is 161 Å². The highest BCUT2D eigenvalue weighted by atomic mass is 16.5. The van der Waals surface area contributed by atoms with Crippen LogP contribution in [0.1, 0.15) is 91.6 Å². The number of furan rings is 2. The van der Waals surface area contributed by atoms with Gasteiger partial charge in [-0.3, -0.25) is 0 Å². The molecule has 6 heteroatoms. The summed E-state index contributed by atoms with van der Waals surface area (Å²) in [5.74, 6) is 0.847. The number of hydrogen-bond acceptors (Lipinski definition) is 5. The maximum Gasteiger partial charge on any atom is 0.297 e. The molecular formula is C62H59BN2O3. The quantitative estimate of drug-likeness (QED) is 0.123. The number of para-hydroxylation sites is 2. The Labute approximate surface area is 401 Å². The number of rotatable bonds is 6. The molecule has 0 radical (unpaired) electrons. The van der Waals surface area contributed by atoms with E-state index in [0.29, 0.717) is 0 Å². The van der Waals surface area contributed by atoms with Crippen molar-refractivity contribution in [2.75, 3.05) is 16.9 Å². The lowest BCUT2D eigenvalue weighted by molar-refractivity contribution is 0.414. The highest BCUT2D eigenvalue weighted by Gasteiger charge is 2.47. The van der Waals surface area contributed by atoms with Gasteiger partial charge in [0.25, 0.3) is 6.71 Å². The normalized spacial score (nSPS) is 13.4. The SMILES string of the molecule is COc1ccccc1/C=C/c1ccc2c(c1)N(c1c(C)cc(C(C)(C)C)cc1C)c1cc(C)cc3c1B2c1oc2ccc(C(C)(C)C)cc2c1N3c1c(C)cc(-c2coc3ccccc23)cc1C. The average molecular weight is 891 g/mol. The summed E-state index contributed by atoms with van der Waals surface area (Å²) >= 11 is 0. The van der Waals surface area contributed by atoms with Crippen LogP contribution in [0.2, 0.25) is 0 Å². The van der Waals surface area contributed by atoms with Crippen LogP contribution >= 0.6 is 0 Å². The van der Waals surface area contributed by atoms with Crippen LogP contribution in [-0.2, 0) is 10.8 Å². The van der Waals surface area contributed by atoms with Crippen molar-refractivity contribution >= 4 is 91.5 Å². The van der Waals surface area contributed by atoms with Crippen LogP contribution in [0.15, 0.2) is 136 Å². The van der Waals surface area contributed by atoms with E-state index in [4.69, 9.17) is 13.6 Å². The van der Waals surface area contributed by atoms with Crippen LogP contribution in [0.3, 0.4) is 0 Å². The number of aryl methyl sites for hydroxylation is 5. The number of benzene rings is 7. The van der Waals surface area contributed by atoms with E-state index >= 15 is 0 Å². The van der Waals surface area contributed by atoms with Crippen LogP contribution in [0.4, 0.5) is 34.1 Å². The second-order valence-corrected chi connectivity index (χ2v) is 21.3. The molecule has 0 saturated heterocycles. The van der Waals surface area contributed by atoms with Crippen molar-refractivity contribution in [1.82, 2.24) is 0 Å². The molecule has 11 rings (SSSR count). The molecule has 0 amide bonds. The Morgan fingerprint density at radius 2 is 1.21 bits per heavy atom. The lowest BCUT2D eigenvalue weighted by Crippen LogP contribution is -2.61. The Balaban J connectivity index is 1.21. The van der Waals surface area contributed by atoms with Crippen LogP contribution in [0, 0.1) is 34.6 Å². The average Bonchev–Trinajstić information content (AvgIpc) is 3.90. The smallest absolute Gasteiger partial charge is 0.297 e. The van der Waals surface area contributed by atoms with E-state index in [1.54, 1.807) is 7.11 Å². The number of ether oxygens (including phenoxy) is 1. The topological polar surface area (TPSA) is 42.0 Å². The summed E-state index contributed by atoms with van der Waals surface area (Å²) in [6, 6.07) is 44.6. The second-order valence-electron chi connectivity index (χ2n) is 21.3. The summed E-state index contributed by atoms with van der Waals surface area (Å²) < 4.78 is 19.2. The first kappa shape index (κ1) is 43.4. The second kappa shape index (κ2) is 15.7. The van der Waals surface area contributed by atoms with Gasteiger partial charge >= 0.3 is 0 Å². The minimum Gasteiger partial charge on any atom is -0.496 e. The fraction of sp³-hybridized carbons (Fsp3) is 0.226. The molecule has 0 unspecified atom stereocenters. The van der Waals surface area contributed by atoms with Crippen molar-refractivity contribution in [2.24, 2.45) is 0 Å². The fourth-order valence-electron chi connectivity index (χ4n) is 11.1. The number of hydrogen-bond donors (Lipinski definition) is 0. The molecule has 0 atom stereocenters. The minimum atomic E-state index is -0.178. The van der Waals surface area contributed by atoms with Gasteiger partial charge in [0, 0.05) is 39.0 Å². The van der Waals surface area contributed by atoms with E-state index in [2.05, 4.69) is 195 Å². The standard InChI is InChI=1S/C62H59BN2O3/c1-36-27-51-56-52(28-36)65(58-37(2)29-43(30-38(58)3)48-35-67-54-20-16-14-18-46(48)54)59-47-34-44(61(6,7)8)24-26-55(47)68-60(59)63(56)49-25-22-41(21-23-42-17-13-15-19-53(42)66-12)33-50(49)64(51)57-39(4)31-45(32-40(57)5)62(9,10)11/h13-35H,1-12H3/b23-21+. The number of fused-ring (bicyclic) bond motifs is 7. The van der Waals surface area contributed by atoms with Gasteiger partial charge in [0.2, 0.25) is 0 Å². The van der Waals surface area contributed by atoms with Gasteiger partial charge in [0.1, 0.15) is 16.9 Å². The fourth-order valence-corrected chi connectivity index (χ4v) is 11.1. The summed E-state index contributed by atoms with van der Waals surface area (Å²) in [6.45, 7) is 24.9. The molecule has 0 N–H and O–H groups in total. The highest BCUT2D eigenvalue weighted by Crippen LogP contribution is 2.51. The lowest BCUT2D eigenvalue weighted by atomic mass is 9.35. The van der Waals surface area contributed by atoms with Gasteiger partial charge in [-0.15, -0.1) is 0 Å². The van der Waals surface area contributed by atoms with Crippen molar-refractivity contribution in [3.05, 3.63) is 178 Å². The lowest BCUT2D eigenvalue weighted by Gasteiger charge is -2.44. The maximum atomic E-state index is 7.36. The van der Waals surface area contributed by atoms with Crippen LogP contribution < -0.4 is 31.1 Å². The molecule has 338 valence electrons. The predicted octanol–water partition coefficient (Wildman–Crippen LogP) is 15.2. The maximum absolute atomic E-state index is 7.36. The van der Waals surface area contributed by atoms with Crippen molar-refractivity contribution in [3.63, 3.8) is 0 Å². The van der Waals surface area contributed by atoms with E-state index in [1.165, 1.54) is 66.9 Å². The Bertz CT molecular complexity index is 3510. The van der Waals surface area contributed by atoms with Gasteiger partial charge in [-0.1, -0.05) is 120 Å². The summed E-state index contributed by atoms with van der Waals surface area (Å²) in [5, 5.41) is 2.23. The Kier molecular flexibility index (Phi) is 10.0. The zero-order chi connectivity index (χ0) is 47.6. The molecule has 7 aromatic carbocycles. The van der Waals surface area contributed by atoms with E-state index in [-0.39, 0.29) is 17.5 Å². The zero-order valence-electron chi connectivity index (χ0n) is 41.5. The highest BCUT2D eigenvalue weighted by molar-refractivity contribution is 7.00. The Hall–Kier alpha value is -7.18. The first-order chi connectivity index (χ1) is 32.5. The molecule has 0 saturated carbocycles. The molecule has 0 fully saturated rings. The van der Waals surface area contributed by atoms with Crippen molar-refractivity contribution in [1.29, 1.82) is 0 Å². The molecule has 4 heterocycles. The van der Waals surface area contributed by atoms with Gasteiger partial charge in [0.15, 0.2) is 0 Å². The van der Waals surface area contributed by atoms with E-state index < -0.39 is 0 Å². The molecule has 2 aliphatic rings. The van der Waals surface area contributed by atoms with Crippen molar-refractivity contribution in [2.45, 2.75) is 87.0 Å². The Morgan fingerprint density at radius 1 is 0.559 bits per heavy atom. The van der Waals surface area contributed by atoms with Gasteiger partial charge < -0.3 is 23.4 Å². The number of anilines is 6. The van der Waals surface area contributed by atoms with Crippen LogP contribution in [0.5, 0.6) is 5.75 Å². The first-order valence-electron chi connectivity index (χ1n) is 24.0. The van der Waals surface area contributed by atoms with Gasteiger partial charge in [-0.2, -0.15) is 0 Å². The molecular weight excluding hydrogens is 832 g/mol. The number of methoxy groups -OCH3 is 1. The zero-order valence-corrected chi connectivity index (χ0v) is 41.5. The molecule has 68 heavy (non-hydrogen) atoms. The molecule has 2 aromatic heterocycles. The third-order valence-corrected chi connectivity index (χ3v) is 14.4. The molecule has 9 aromatic rings. The largest absolute Gasteiger partial charge is 0.496 e. The molecule has 0 aliphatic carbocycles. The van der Waals surface area contributed by atoms with Crippen LogP contribution in [-0.4, -0.2) is 13.8 Å². The van der Waals surface area contributed by atoms with E-state index in [1.807, 2.05) is 30.5 Å². The Morgan fingerprint density at radius 3 is 1.91 bits per heavy atom. The monoisotopic (exact) mass is 890 g/mol. The van der Waals surface area contributed by atoms with Gasteiger partial charge in [0.05, 0.1) is 36.1 Å². The number of nitrogens with zero attached hydrogens (tertiary/aromatic N) is 2. The molecule has 0 spiro atoms. The molecule has 5 nitrogen and oxygen atoms in total. The van der Waals surface area contributed by atoms with Crippen LogP contribution in [0.25, 0.3) is 45.2 Å². The summed E-state index contributed by atoms with van der Waals surface area (Å²) in [4.78, 5) is 5.11. The minimum absolute atomic E-state index is 0.00105. The summed E-state index contributed by atoms with van der Waals surface area (Å²) in [7, 11) is 1.73.